The highest BCUT2D eigenvalue weighted by Gasteiger charge is 2.36. The second kappa shape index (κ2) is 9.88. The van der Waals surface area contributed by atoms with E-state index in [1.807, 2.05) is 31.2 Å². The lowest BCUT2D eigenvalue weighted by Crippen LogP contribution is -2.29. The Labute approximate surface area is 197 Å². The zero-order valence-corrected chi connectivity index (χ0v) is 18.9. The van der Waals surface area contributed by atoms with Crippen molar-refractivity contribution in [3.05, 3.63) is 94.5 Å². The molecule has 7 heteroatoms. The Morgan fingerprint density at radius 1 is 1.03 bits per heavy atom. The molecule has 1 atom stereocenters. The molecule has 0 aliphatic carbocycles. The molecule has 0 aromatic heterocycles. The molecule has 1 aliphatic heterocycles. The van der Waals surface area contributed by atoms with Crippen LogP contribution in [0.2, 0.25) is 5.02 Å². The standard InChI is InChI=1S/C26H24ClN3O3/c1-17-7-6-8-18(13-17)15-28-26(33)20-9-2-4-11-22(20)29-25(32)19-14-24(31)30(16-19)23-12-5-3-10-21(23)27/h2-13,19H,14-16H2,1H3,(H,28,33)(H,29,32)/t19-/m0/s1. The predicted molar refractivity (Wildman–Crippen MR) is 129 cm³/mol. The number of anilines is 2. The molecule has 1 fully saturated rings. The fraction of sp³-hybridized carbons (Fsp3) is 0.192. The monoisotopic (exact) mass is 461 g/mol. The fourth-order valence-electron chi connectivity index (χ4n) is 3.91. The second-order valence-corrected chi connectivity index (χ2v) is 8.47. The number of benzene rings is 3. The Bertz CT molecular complexity index is 1210. The lowest BCUT2D eigenvalue weighted by molar-refractivity contribution is -0.122. The van der Waals surface area contributed by atoms with Gasteiger partial charge in [-0.05, 0) is 36.8 Å². The van der Waals surface area contributed by atoms with Crippen LogP contribution in [0.5, 0.6) is 0 Å². The molecule has 1 saturated heterocycles. The Balaban J connectivity index is 1.43. The number of nitrogens with one attached hydrogen (secondary N) is 2. The van der Waals surface area contributed by atoms with E-state index in [0.29, 0.717) is 28.5 Å². The van der Waals surface area contributed by atoms with Crippen LogP contribution in [0.4, 0.5) is 11.4 Å². The molecule has 0 saturated carbocycles. The highest BCUT2D eigenvalue weighted by Crippen LogP contribution is 2.31. The number of para-hydroxylation sites is 2. The number of amides is 3. The number of nitrogens with zero attached hydrogens (tertiary/aromatic N) is 1. The molecule has 0 unspecified atom stereocenters. The van der Waals surface area contributed by atoms with Crippen LogP contribution in [0.3, 0.4) is 0 Å². The van der Waals surface area contributed by atoms with Gasteiger partial charge in [0.15, 0.2) is 0 Å². The normalized spacial score (nSPS) is 15.4. The summed E-state index contributed by atoms with van der Waals surface area (Å²) in [5, 5.41) is 6.20. The summed E-state index contributed by atoms with van der Waals surface area (Å²) in [6.45, 7) is 2.61. The van der Waals surface area contributed by atoms with Crippen LogP contribution < -0.4 is 15.5 Å². The van der Waals surface area contributed by atoms with Crippen molar-refractivity contribution < 1.29 is 14.4 Å². The minimum absolute atomic E-state index is 0.0821. The van der Waals surface area contributed by atoms with Crippen LogP contribution in [0.15, 0.2) is 72.8 Å². The first-order valence-electron chi connectivity index (χ1n) is 10.7. The van der Waals surface area contributed by atoms with E-state index in [1.54, 1.807) is 48.5 Å². The molecule has 0 bridgehead atoms. The number of hydrogen-bond acceptors (Lipinski definition) is 3. The quantitative estimate of drug-likeness (QED) is 0.564. The SMILES string of the molecule is Cc1cccc(CNC(=O)c2ccccc2NC(=O)[C@H]2CC(=O)N(c3ccccc3Cl)C2)c1. The average molecular weight is 462 g/mol. The van der Waals surface area contributed by atoms with Crippen molar-refractivity contribution in [3.8, 4) is 0 Å². The highest BCUT2D eigenvalue weighted by atomic mass is 35.5. The van der Waals surface area contributed by atoms with E-state index < -0.39 is 5.92 Å². The third-order valence-corrected chi connectivity index (χ3v) is 5.92. The average Bonchev–Trinajstić information content (AvgIpc) is 3.20. The van der Waals surface area contributed by atoms with Gasteiger partial charge in [0, 0.05) is 19.5 Å². The molecule has 4 rings (SSSR count). The Hall–Kier alpha value is -3.64. The number of rotatable bonds is 6. The van der Waals surface area contributed by atoms with Crippen molar-refractivity contribution in [2.45, 2.75) is 19.9 Å². The molecule has 3 amide bonds. The summed E-state index contributed by atoms with van der Waals surface area (Å²) in [4.78, 5) is 39.8. The lowest BCUT2D eigenvalue weighted by atomic mass is 10.1. The van der Waals surface area contributed by atoms with E-state index in [4.69, 9.17) is 11.6 Å². The van der Waals surface area contributed by atoms with E-state index in [9.17, 15) is 14.4 Å². The summed E-state index contributed by atoms with van der Waals surface area (Å²) in [6, 6.07) is 21.8. The van der Waals surface area contributed by atoms with Gasteiger partial charge in [-0.15, -0.1) is 0 Å². The minimum atomic E-state index is -0.544. The molecule has 3 aromatic carbocycles. The molecule has 1 heterocycles. The van der Waals surface area contributed by atoms with E-state index in [0.717, 1.165) is 11.1 Å². The van der Waals surface area contributed by atoms with E-state index >= 15 is 0 Å². The Kier molecular flexibility index (Phi) is 6.75. The number of carbonyl (C=O) groups is 3. The lowest BCUT2D eigenvalue weighted by Gasteiger charge is -2.18. The molecule has 6 nitrogen and oxygen atoms in total. The maximum absolute atomic E-state index is 13.0. The maximum Gasteiger partial charge on any atom is 0.253 e. The summed E-state index contributed by atoms with van der Waals surface area (Å²) in [6.07, 6.45) is 0.0821. The van der Waals surface area contributed by atoms with Crippen molar-refractivity contribution in [1.29, 1.82) is 0 Å². The maximum atomic E-state index is 13.0. The summed E-state index contributed by atoms with van der Waals surface area (Å²) < 4.78 is 0. The second-order valence-electron chi connectivity index (χ2n) is 8.06. The van der Waals surface area contributed by atoms with Crippen molar-refractivity contribution in [2.24, 2.45) is 5.92 Å². The number of hydrogen-bond donors (Lipinski definition) is 2. The molecular formula is C26H24ClN3O3. The van der Waals surface area contributed by atoms with Gasteiger partial charge in [-0.3, -0.25) is 14.4 Å². The molecule has 3 aromatic rings. The van der Waals surface area contributed by atoms with E-state index in [1.165, 1.54) is 4.90 Å². The molecule has 0 radical (unpaired) electrons. The summed E-state index contributed by atoms with van der Waals surface area (Å²) >= 11 is 6.23. The zero-order chi connectivity index (χ0) is 23.4. The van der Waals surface area contributed by atoms with Crippen molar-refractivity contribution in [3.63, 3.8) is 0 Å². The van der Waals surface area contributed by atoms with Crippen LogP contribution in [0, 0.1) is 12.8 Å². The third kappa shape index (κ3) is 5.23. The largest absolute Gasteiger partial charge is 0.348 e. The van der Waals surface area contributed by atoms with Gasteiger partial charge in [-0.2, -0.15) is 0 Å². The molecule has 33 heavy (non-hydrogen) atoms. The van der Waals surface area contributed by atoms with Crippen molar-refractivity contribution in [2.75, 3.05) is 16.8 Å². The smallest absolute Gasteiger partial charge is 0.253 e. The predicted octanol–water partition coefficient (Wildman–Crippen LogP) is 4.57. The van der Waals surface area contributed by atoms with Gasteiger partial charge in [-0.1, -0.05) is 65.7 Å². The highest BCUT2D eigenvalue weighted by molar-refractivity contribution is 6.34. The Morgan fingerprint density at radius 2 is 1.79 bits per heavy atom. The minimum Gasteiger partial charge on any atom is -0.348 e. The topological polar surface area (TPSA) is 78.5 Å². The van der Waals surface area contributed by atoms with Gasteiger partial charge >= 0.3 is 0 Å². The van der Waals surface area contributed by atoms with Crippen LogP contribution >= 0.6 is 11.6 Å². The van der Waals surface area contributed by atoms with Crippen LogP contribution in [0.25, 0.3) is 0 Å². The van der Waals surface area contributed by atoms with Gasteiger partial charge < -0.3 is 15.5 Å². The molecule has 1 aliphatic rings. The van der Waals surface area contributed by atoms with Gasteiger partial charge in [0.25, 0.3) is 5.91 Å². The van der Waals surface area contributed by atoms with Crippen LogP contribution in [-0.4, -0.2) is 24.3 Å². The van der Waals surface area contributed by atoms with E-state index in [2.05, 4.69) is 10.6 Å². The number of aryl methyl sites for hydroxylation is 1. The van der Waals surface area contributed by atoms with Crippen molar-refractivity contribution in [1.82, 2.24) is 5.32 Å². The van der Waals surface area contributed by atoms with Crippen LogP contribution in [-0.2, 0) is 16.1 Å². The van der Waals surface area contributed by atoms with E-state index in [-0.39, 0.29) is 30.7 Å². The first kappa shape index (κ1) is 22.6. The molecule has 2 N–H and O–H groups in total. The zero-order valence-electron chi connectivity index (χ0n) is 18.2. The molecule has 168 valence electrons. The van der Waals surface area contributed by atoms with Gasteiger partial charge in [-0.25, -0.2) is 0 Å². The number of halogens is 1. The van der Waals surface area contributed by atoms with Gasteiger partial charge in [0.2, 0.25) is 11.8 Å². The van der Waals surface area contributed by atoms with Crippen LogP contribution in [0.1, 0.15) is 27.9 Å². The summed E-state index contributed by atoms with van der Waals surface area (Å²) in [5.74, 6) is -1.30. The molecule has 0 spiro atoms. The first-order chi connectivity index (χ1) is 15.9. The summed E-state index contributed by atoms with van der Waals surface area (Å²) in [5.41, 5.74) is 3.48. The van der Waals surface area contributed by atoms with Crippen molar-refractivity contribution >= 4 is 40.7 Å². The van der Waals surface area contributed by atoms with Gasteiger partial charge in [0.1, 0.15) is 0 Å². The molecular weight excluding hydrogens is 438 g/mol. The Morgan fingerprint density at radius 3 is 2.58 bits per heavy atom. The fourth-order valence-corrected chi connectivity index (χ4v) is 4.15. The van der Waals surface area contributed by atoms with Gasteiger partial charge in [0.05, 0.1) is 27.9 Å². The first-order valence-corrected chi connectivity index (χ1v) is 11.1. The third-order valence-electron chi connectivity index (χ3n) is 5.60. The summed E-state index contributed by atoms with van der Waals surface area (Å²) in [7, 11) is 0. The number of carbonyl (C=O) groups excluding carboxylic acids is 3.